The summed E-state index contributed by atoms with van der Waals surface area (Å²) in [5.74, 6) is 0.611. The lowest BCUT2D eigenvalue weighted by Crippen LogP contribution is -2.56. The molecule has 5 nitrogen and oxygen atoms in total. The molecule has 202 valence electrons. The fourth-order valence-corrected chi connectivity index (χ4v) is 9.89. The van der Waals surface area contributed by atoms with E-state index in [1.54, 1.807) is 11.1 Å². The van der Waals surface area contributed by atoms with E-state index < -0.39 is 0 Å². The van der Waals surface area contributed by atoms with E-state index in [9.17, 15) is 14.4 Å². The van der Waals surface area contributed by atoms with Crippen LogP contribution in [0.1, 0.15) is 113 Å². The number of hydrogen-bond acceptors (Lipinski definition) is 5. The number of ether oxygens (including phenoxy) is 2. The van der Waals surface area contributed by atoms with Gasteiger partial charge in [0.2, 0.25) is 0 Å². The van der Waals surface area contributed by atoms with Gasteiger partial charge in [0.1, 0.15) is 18.5 Å². The monoisotopic (exact) mass is 500 g/mol. The van der Waals surface area contributed by atoms with Crippen LogP contribution in [0, 0.1) is 39.4 Å². The largest absolute Gasteiger partial charge is 0.462 e. The van der Waals surface area contributed by atoms with Gasteiger partial charge in [-0.1, -0.05) is 52.7 Å². The van der Waals surface area contributed by atoms with E-state index >= 15 is 0 Å². The number of aldehydes is 1. The van der Waals surface area contributed by atoms with Crippen LogP contribution >= 0.6 is 0 Å². The minimum Gasteiger partial charge on any atom is -0.462 e. The van der Waals surface area contributed by atoms with Crippen LogP contribution in [0.4, 0.5) is 0 Å². The zero-order valence-corrected chi connectivity index (χ0v) is 23.9. The third kappa shape index (κ3) is 3.98. The second-order valence-corrected chi connectivity index (χ2v) is 13.7. The van der Waals surface area contributed by atoms with Crippen molar-refractivity contribution in [3.05, 3.63) is 11.1 Å². The first-order chi connectivity index (χ1) is 16.7. The molecule has 2 fully saturated rings. The van der Waals surface area contributed by atoms with Gasteiger partial charge in [-0.15, -0.1) is 0 Å². The lowest BCUT2D eigenvalue weighted by Gasteiger charge is -2.62. The molecule has 0 aliphatic heterocycles. The van der Waals surface area contributed by atoms with E-state index in [2.05, 4.69) is 41.5 Å². The van der Waals surface area contributed by atoms with Gasteiger partial charge in [0.25, 0.3) is 0 Å². The minimum absolute atomic E-state index is 0.00703. The van der Waals surface area contributed by atoms with Crippen molar-refractivity contribution in [2.24, 2.45) is 39.4 Å². The van der Waals surface area contributed by atoms with Crippen molar-refractivity contribution in [1.29, 1.82) is 0 Å². The zero-order valence-electron chi connectivity index (χ0n) is 23.9. The molecule has 5 heteroatoms. The summed E-state index contributed by atoms with van der Waals surface area (Å²) in [6.07, 6.45) is 9.64. The molecule has 4 aliphatic rings. The average molecular weight is 501 g/mol. The Labute approximate surface area is 218 Å². The molecule has 4 rings (SSSR count). The van der Waals surface area contributed by atoms with E-state index in [4.69, 9.17) is 9.47 Å². The molecule has 0 aromatic heterocycles. The third-order valence-corrected chi connectivity index (χ3v) is 11.9. The Hall–Kier alpha value is -1.65. The quantitative estimate of drug-likeness (QED) is 0.227. The van der Waals surface area contributed by atoms with Crippen LogP contribution in [0.25, 0.3) is 0 Å². The van der Waals surface area contributed by atoms with E-state index in [0.717, 1.165) is 57.7 Å². The second-order valence-electron chi connectivity index (χ2n) is 13.7. The normalized spacial score (nSPS) is 40.8. The molecule has 0 spiro atoms. The Morgan fingerprint density at radius 3 is 2.25 bits per heavy atom. The SMILES string of the molecule is CC(=O)OC(CC=O)[C@@H](C)[C@H]1CC[C@@]2(C)C3=C(CC[C@]12C)[C@@]1(C)CC[C@H](OC(C)=O)C(C)(C)C1CC3. The van der Waals surface area contributed by atoms with Gasteiger partial charge in [-0.25, -0.2) is 0 Å². The third-order valence-electron chi connectivity index (χ3n) is 11.9. The Morgan fingerprint density at radius 1 is 0.944 bits per heavy atom. The van der Waals surface area contributed by atoms with Gasteiger partial charge >= 0.3 is 11.9 Å². The van der Waals surface area contributed by atoms with Crippen LogP contribution in [-0.2, 0) is 23.9 Å². The summed E-state index contributed by atoms with van der Waals surface area (Å²) in [5.41, 5.74) is 3.76. The summed E-state index contributed by atoms with van der Waals surface area (Å²) in [6.45, 7) is 17.3. The Kier molecular flexibility index (Phi) is 7.05. The molecule has 36 heavy (non-hydrogen) atoms. The minimum atomic E-state index is -0.342. The van der Waals surface area contributed by atoms with E-state index in [0.29, 0.717) is 11.8 Å². The van der Waals surface area contributed by atoms with Crippen LogP contribution in [0.5, 0.6) is 0 Å². The van der Waals surface area contributed by atoms with Crippen molar-refractivity contribution in [1.82, 2.24) is 0 Å². The summed E-state index contributed by atoms with van der Waals surface area (Å²) in [7, 11) is 0. The topological polar surface area (TPSA) is 69.7 Å². The highest BCUT2D eigenvalue weighted by Crippen LogP contribution is 2.72. The van der Waals surface area contributed by atoms with E-state index in [1.807, 2.05) is 0 Å². The lowest BCUT2D eigenvalue weighted by molar-refractivity contribution is -0.167. The van der Waals surface area contributed by atoms with Crippen molar-refractivity contribution in [2.45, 2.75) is 125 Å². The first-order valence-electron chi connectivity index (χ1n) is 14.2. The maximum Gasteiger partial charge on any atom is 0.302 e. The maximum atomic E-state index is 11.8. The molecule has 0 aromatic carbocycles. The summed E-state index contributed by atoms with van der Waals surface area (Å²) < 4.78 is 11.5. The second kappa shape index (κ2) is 9.27. The number of carbonyl (C=O) groups is 3. The van der Waals surface area contributed by atoms with Crippen molar-refractivity contribution < 1.29 is 23.9 Å². The molecular formula is C31H48O5. The van der Waals surface area contributed by atoms with Crippen molar-refractivity contribution in [2.75, 3.05) is 0 Å². The highest BCUT2D eigenvalue weighted by atomic mass is 16.5. The average Bonchev–Trinajstić information content (AvgIpc) is 3.06. The highest BCUT2D eigenvalue weighted by Gasteiger charge is 2.64. The van der Waals surface area contributed by atoms with Crippen LogP contribution in [0.3, 0.4) is 0 Å². The van der Waals surface area contributed by atoms with Gasteiger partial charge in [-0.05, 0) is 85.4 Å². The van der Waals surface area contributed by atoms with E-state index in [-0.39, 0.29) is 58.1 Å². The summed E-state index contributed by atoms with van der Waals surface area (Å²) in [5, 5.41) is 0. The summed E-state index contributed by atoms with van der Waals surface area (Å²) in [4.78, 5) is 35.0. The predicted molar refractivity (Wildman–Crippen MR) is 140 cm³/mol. The van der Waals surface area contributed by atoms with Crippen molar-refractivity contribution in [3.63, 3.8) is 0 Å². The molecule has 0 bridgehead atoms. The van der Waals surface area contributed by atoms with Crippen molar-refractivity contribution >= 4 is 18.2 Å². The van der Waals surface area contributed by atoms with Crippen LogP contribution in [0.2, 0.25) is 0 Å². The smallest absolute Gasteiger partial charge is 0.302 e. The van der Waals surface area contributed by atoms with Crippen molar-refractivity contribution in [3.8, 4) is 0 Å². The fraction of sp³-hybridized carbons (Fsp3) is 0.839. The number of rotatable bonds is 6. The van der Waals surface area contributed by atoms with Gasteiger partial charge in [-0.2, -0.15) is 0 Å². The Bertz CT molecular complexity index is 949. The molecule has 2 saturated carbocycles. The van der Waals surface area contributed by atoms with E-state index in [1.165, 1.54) is 13.8 Å². The first-order valence-corrected chi connectivity index (χ1v) is 14.2. The molecule has 4 aliphatic carbocycles. The van der Waals surface area contributed by atoms with Gasteiger partial charge in [0.15, 0.2) is 0 Å². The zero-order chi connectivity index (χ0) is 26.7. The van der Waals surface area contributed by atoms with Gasteiger partial charge < -0.3 is 14.3 Å². The lowest BCUT2D eigenvalue weighted by atomic mass is 9.43. The molecule has 2 unspecified atom stereocenters. The molecule has 0 heterocycles. The van der Waals surface area contributed by atoms with Crippen LogP contribution < -0.4 is 0 Å². The molecule has 0 amide bonds. The Balaban J connectivity index is 1.67. The molecular weight excluding hydrogens is 452 g/mol. The summed E-state index contributed by atoms with van der Waals surface area (Å²) >= 11 is 0. The van der Waals surface area contributed by atoms with Gasteiger partial charge in [0, 0.05) is 25.7 Å². The standard InChI is InChI=1S/C31H48O5/c1-19(25(14-18-32)35-20(2)33)22-11-16-31(8)24-9-10-26-28(4,5)27(36-21(3)34)13-15-29(26,6)23(24)12-17-30(22,31)7/h18-19,22,25-27H,9-17H2,1-8H3/t19-,22+,25?,26?,27-,29+,30+,31-/m0/s1. The Morgan fingerprint density at radius 2 is 1.64 bits per heavy atom. The molecule has 0 saturated heterocycles. The molecule has 0 N–H and O–H groups in total. The van der Waals surface area contributed by atoms with Gasteiger partial charge in [0.05, 0.1) is 0 Å². The number of fused-ring (bicyclic) bond motifs is 4. The molecule has 8 atom stereocenters. The molecule has 0 aromatic rings. The van der Waals surface area contributed by atoms with Gasteiger partial charge in [-0.3, -0.25) is 9.59 Å². The number of esters is 2. The fourth-order valence-electron chi connectivity index (χ4n) is 9.89. The number of hydrogen-bond donors (Lipinski definition) is 0. The first kappa shape index (κ1) is 27.4. The molecule has 0 radical (unpaired) electrons. The van der Waals surface area contributed by atoms with Crippen LogP contribution in [-0.4, -0.2) is 30.4 Å². The number of carbonyl (C=O) groups excluding carboxylic acids is 3. The highest BCUT2D eigenvalue weighted by molar-refractivity contribution is 5.67. The predicted octanol–water partition coefficient (Wildman–Crippen LogP) is 6.82. The van der Waals surface area contributed by atoms with Crippen LogP contribution in [0.15, 0.2) is 11.1 Å². The number of allylic oxidation sites excluding steroid dienone is 2. The maximum absolute atomic E-state index is 11.8. The summed E-state index contributed by atoms with van der Waals surface area (Å²) in [6, 6.07) is 0.